The van der Waals surface area contributed by atoms with Crippen LogP contribution in [0.1, 0.15) is 49.8 Å². The molecular weight excluding hydrogens is 250 g/mol. The Morgan fingerprint density at radius 1 is 1.30 bits per heavy atom. The summed E-state index contributed by atoms with van der Waals surface area (Å²) in [6, 6.07) is 5.92. The van der Waals surface area contributed by atoms with Gasteiger partial charge in [-0.3, -0.25) is 0 Å². The van der Waals surface area contributed by atoms with Crippen molar-refractivity contribution in [3.05, 3.63) is 23.4 Å². The van der Waals surface area contributed by atoms with E-state index in [1.54, 1.807) is 0 Å². The largest absolute Gasteiger partial charge is 0.376 e. The summed E-state index contributed by atoms with van der Waals surface area (Å²) in [4.78, 5) is 4.26. The van der Waals surface area contributed by atoms with Crippen LogP contribution in [-0.2, 0) is 4.74 Å². The zero-order chi connectivity index (χ0) is 14.2. The standard InChI is InChI=1S/C16H23N3O/c1-13-8-9-16(19-15(13)12-17)18-10-11-20-14-6-4-2-3-5-7-14/h8-9,14H,2-7,10-11H2,1H3,(H,18,19). The highest BCUT2D eigenvalue weighted by Crippen LogP contribution is 2.19. The number of hydrogen-bond acceptors (Lipinski definition) is 4. The van der Waals surface area contributed by atoms with E-state index in [1.807, 2.05) is 19.1 Å². The Morgan fingerprint density at radius 2 is 2.05 bits per heavy atom. The number of hydrogen-bond donors (Lipinski definition) is 1. The fraction of sp³-hybridized carbons (Fsp3) is 0.625. The zero-order valence-electron chi connectivity index (χ0n) is 12.2. The molecule has 0 radical (unpaired) electrons. The van der Waals surface area contributed by atoms with E-state index in [9.17, 15) is 0 Å². The average Bonchev–Trinajstić information content (AvgIpc) is 2.74. The summed E-state index contributed by atoms with van der Waals surface area (Å²) in [6.07, 6.45) is 8.11. The first kappa shape index (κ1) is 14.8. The lowest BCUT2D eigenvalue weighted by Gasteiger charge is -2.15. The molecule has 0 aliphatic heterocycles. The Hall–Kier alpha value is -1.60. The highest BCUT2D eigenvalue weighted by Gasteiger charge is 2.11. The summed E-state index contributed by atoms with van der Waals surface area (Å²) in [5.74, 6) is 0.747. The molecule has 0 saturated heterocycles. The third kappa shape index (κ3) is 4.50. The van der Waals surface area contributed by atoms with Gasteiger partial charge in [0.15, 0.2) is 0 Å². The molecule has 1 fully saturated rings. The Bertz CT molecular complexity index is 459. The van der Waals surface area contributed by atoms with Gasteiger partial charge in [-0.2, -0.15) is 5.26 Å². The number of aryl methyl sites for hydroxylation is 1. The van der Waals surface area contributed by atoms with Gasteiger partial charge in [0.1, 0.15) is 17.6 Å². The molecule has 108 valence electrons. The maximum Gasteiger partial charge on any atom is 0.145 e. The van der Waals surface area contributed by atoms with E-state index in [1.165, 1.54) is 38.5 Å². The van der Waals surface area contributed by atoms with E-state index in [-0.39, 0.29) is 0 Å². The molecule has 0 atom stereocenters. The molecule has 1 aliphatic rings. The maximum atomic E-state index is 8.95. The minimum absolute atomic E-state index is 0.431. The number of nitrogens with one attached hydrogen (secondary N) is 1. The molecule has 2 rings (SSSR count). The van der Waals surface area contributed by atoms with Gasteiger partial charge in [0.25, 0.3) is 0 Å². The smallest absolute Gasteiger partial charge is 0.145 e. The van der Waals surface area contributed by atoms with E-state index in [0.29, 0.717) is 18.4 Å². The average molecular weight is 273 g/mol. The maximum absolute atomic E-state index is 8.95. The lowest BCUT2D eigenvalue weighted by molar-refractivity contribution is 0.0501. The minimum atomic E-state index is 0.431. The molecule has 1 heterocycles. The first-order chi connectivity index (χ1) is 9.79. The third-order valence-corrected chi connectivity index (χ3v) is 3.77. The van der Waals surface area contributed by atoms with Gasteiger partial charge in [-0.25, -0.2) is 4.98 Å². The molecule has 0 bridgehead atoms. The zero-order valence-corrected chi connectivity index (χ0v) is 12.2. The SMILES string of the molecule is Cc1ccc(NCCOC2CCCCCC2)nc1C#N. The second kappa shape index (κ2) is 7.86. The Labute approximate surface area is 121 Å². The second-order valence-electron chi connectivity index (χ2n) is 5.38. The lowest BCUT2D eigenvalue weighted by Crippen LogP contribution is -2.18. The van der Waals surface area contributed by atoms with E-state index in [4.69, 9.17) is 10.00 Å². The first-order valence-electron chi connectivity index (χ1n) is 7.53. The van der Waals surface area contributed by atoms with Crippen molar-refractivity contribution in [3.63, 3.8) is 0 Å². The van der Waals surface area contributed by atoms with Crippen molar-refractivity contribution in [2.75, 3.05) is 18.5 Å². The summed E-state index contributed by atoms with van der Waals surface area (Å²) in [5.41, 5.74) is 1.40. The van der Waals surface area contributed by atoms with Gasteiger partial charge in [0.05, 0.1) is 12.7 Å². The summed E-state index contributed by atoms with van der Waals surface area (Å²) < 4.78 is 5.91. The molecule has 1 aromatic rings. The van der Waals surface area contributed by atoms with Crippen LogP contribution in [-0.4, -0.2) is 24.2 Å². The van der Waals surface area contributed by atoms with Gasteiger partial charge >= 0.3 is 0 Å². The van der Waals surface area contributed by atoms with Crippen molar-refractivity contribution < 1.29 is 4.74 Å². The summed E-state index contributed by atoms with van der Waals surface area (Å²) >= 11 is 0. The number of nitriles is 1. The highest BCUT2D eigenvalue weighted by atomic mass is 16.5. The fourth-order valence-electron chi connectivity index (χ4n) is 2.55. The summed E-state index contributed by atoms with van der Waals surface area (Å²) in [7, 11) is 0. The first-order valence-corrected chi connectivity index (χ1v) is 7.53. The molecule has 0 unspecified atom stereocenters. The van der Waals surface area contributed by atoms with Crippen LogP contribution in [0.5, 0.6) is 0 Å². The molecule has 1 N–H and O–H groups in total. The van der Waals surface area contributed by atoms with Crippen LogP contribution in [0.4, 0.5) is 5.82 Å². The summed E-state index contributed by atoms with van der Waals surface area (Å²) in [5, 5.41) is 12.2. The van der Waals surface area contributed by atoms with E-state index < -0.39 is 0 Å². The second-order valence-corrected chi connectivity index (χ2v) is 5.38. The Morgan fingerprint density at radius 3 is 2.75 bits per heavy atom. The number of rotatable bonds is 5. The number of ether oxygens (including phenoxy) is 1. The topological polar surface area (TPSA) is 57.9 Å². The van der Waals surface area contributed by atoms with Gasteiger partial charge in [-0.05, 0) is 31.4 Å². The normalized spacial score (nSPS) is 16.4. The van der Waals surface area contributed by atoms with Crippen LogP contribution < -0.4 is 5.32 Å². The summed E-state index contributed by atoms with van der Waals surface area (Å²) in [6.45, 7) is 3.32. The van der Waals surface area contributed by atoms with Crippen LogP contribution in [0.2, 0.25) is 0 Å². The van der Waals surface area contributed by atoms with Crippen LogP contribution >= 0.6 is 0 Å². The molecule has 4 nitrogen and oxygen atoms in total. The monoisotopic (exact) mass is 273 g/mol. The molecular formula is C16H23N3O. The quantitative estimate of drug-likeness (QED) is 0.659. The van der Waals surface area contributed by atoms with E-state index in [2.05, 4.69) is 16.4 Å². The van der Waals surface area contributed by atoms with Crippen molar-refractivity contribution in [3.8, 4) is 6.07 Å². The van der Waals surface area contributed by atoms with Gasteiger partial charge in [0, 0.05) is 6.54 Å². The van der Waals surface area contributed by atoms with Gasteiger partial charge in [-0.15, -0.1) is 0 Å². The minimum Gasteiger partial charge on any atom is -0.376 e. The highest BCUT2D eigenvalue weighted by molar-refractivity contribution is 5.42. The third-order valence-electron chi connectivity index (χ3n) is 3.77. The van der Waals surface area contributed by atoms with Gasteiger partial charge in [0.2, 0.25) is 0 Å². The molecule has 1 saturated carbocycles. The Balaban J connectivity index is 1.71. The molecule has 0 spiro atoms. The van der Waals surface area contributed by atoms with Crippen molar-refractivity contribution in [2.24, 2.45) is 0 Å². The number of aromatic nitrogens is 1. The van der Waals surface area contributed by atoms with E-state index >= 15 is 0 Å². The molecule has 1 aromatic heterocycles. The predicted molar refractivity (Wildman–Crippen MR) is 79.6 cm³/mol. The fourth-order valence-corrected chi connectivity index (χ4v) is 2.55. The molecule has 0 amide bonds. The van der Waals surface area contributed by atoms with E-state index in [0.717, 1.165) is 17.9 Å². The van der Waals surface area contributed by atoms with Gasteiger partial charge in [-0.1, -0.05) is 31.7 Å². The van der Waals surface area contributed by atoms with Crippen molar-refractivity contribution >= 4 is 5.82 Å². The molecule has 1 aliphatic carbocycles. The van der Waals surface area contributed by atoms with Crippen molar-refractivity contribution in [1.82, 2.24) is 4.98 Å². The lowest BCUT2D eigenvalue weighted by atomic mass is 10.1. The van der Waals surface area contributed by atoms with Crippen molar-refractivity contribution in [1.29, 1.82) is 5.26 Å². The van der Waals surface area contributed by atoms with Gasteiger partial charge < -0.3 is 10.1 Å². The Kier molecular flexibility index (Phi) is 5.82. The molecule has 20 heavy (non-hydrogen) atoms. The van der Waals surface area contributed by atoms with Crippen LogP contribution in [0.25, 0.3) is 0 Å². The van der Waals surface area contributed by atoms with Crippen LogP contribution in [0.3, 0.4) is 0 Å². The number of pyridine rings is 1. The predicted octanol–water partition coefficient (Wildman–Crippen LogP) is 3.41. The molecule has 4 heteroatoms. The number of nitrogens with zero attached hydrogens (tertiary/aromatic N) is 2. The van der Waals surface area contributed by atoms with Crippen LogP contribution in [0.15, 0.2) is 12.1 Å². The van der Waals surface area contributed by atoms with Crippen LogP contribution in [0, 0.1) is 18.3 Å². The van der Waals surface area contributed by atoms with Crippen molar-refractivity contribution in [2.45, 2.75) is 51.6 Å². The number of anilines is 1. The molecule has 0 aromatic carbocycles.